The van der Waals surface area contributed by atoms with Gasteiger partial charge in [0.05, 0.1) is 0 Å². The molecule has 1 fully saturated rings. The Morgan fingerprint density at radius 3 is 2.38 bits per heavy atom. The third-order valence-corrected chi connectivity index (χ3v) is 4.38. The molecule has 2 rings (SSSR count). The molecule has 3 N–H and O–H groups in total. The van der Waals surface area contributed by atoms with Gasteiger partial charge in [-0.1, -0.05) is 13.3 Å². The third kappa shape index (κ3) is 6.88. The van der Waals surface area contributed by atoms with Crippen LogP contribution in [0.1, 0.15) is 49.9 Å². The normalized spacial score (nSPS) is 14.1. The second-order valence-electron chi connectivity index (χ2n) is 6.19. The van der Waals surface area contributed by atoms with E-state index in [4.69, 9.17) is 5.73 Å². The predicted octanol–water partition coefficient (Wildman–Crippen LogP) is 3.62. The number of nitrogens with two attached hydrogens (primary N) is 1. The lowest BCUT2D eigenvalue weighted by atomic mass is 10.1. The summed E-state index contributed by atoms with van der Waals surface area (Å²) in [6.07, 6.45) is 4.79. The van der Waals surface area contributed by atoms with Crippen molar-refractivity contribution in [3.05, 3.63) is 29.8 Å². The van der Waals surface area contributed by atoms with Gasteiger partial charge in [-0.05, 0) is 56.4 Å². The van der Waals surface area contributed by atoms with Gasteiger partial charge in [0, 0.05) is 36.9 Å². The van der Waals surface area contributed by atoms with Crippen molar-refractivity contribution in [2.24, 2.45) is 11.7 Å². The van der Waals surface area contributed by atoms with Gasteiger partial charge in [0.25, 0.3) is 5.91 Å². The zero-order valence-corrected chi connectivity index (χ0v) is 16.3. The summed E-state index contributed by atoms with van der Waals surface area (Å²) in [4.78, 5) is 14.5. The van der Waals surface area contributed by atoms with E-state index in [0.717, 1.165) is 13.1 Å². The van der Waals surface area contributed by atoms with Gasteiger partial charge >= 0.3 is 0 Å². The Morgan fingerprint density at radius 1 is 1.25 bits per heavy atom. The summed E-state index contributed by atoms with van der Waals surface area (Å²) in [5, 5.41) is 2.94. The Labute approximate surface area is 158 Å². The lowest BCUT2D eigenvalue weighted by molar-refractivity contribution is 0.0950. The van der Waals surface area contributed by atoms with Crippen LogP contribution < -0.4 is 16.0 Å². The van der Waals surface area contributed by atoms with E-state index < -0.39 is 0 Å². The fourth-order valence-electron chi connectivity index (χ4n) is 2.65. The molecule has 1 aliphatic carbocycles. The van der Waals surface area contributed by atoms with E-state index in [1.807, 2.05) is 24.3 Å². The van der Waals surface area contributed by atoms with Gasteiger partial charge in [0.15, 0.2) is 0 Å². The molecule has 1 aromatic carbocycles. The highest BCUT2D eigenvalue weighted by atomic mass is 35.5. The number of nitrogens with zero attached hydrogens (tertiary/aromatic N) is 1. The highest BCUT2D eigenvalue weighted by Crippen LogP contribution is 2.31. The molecule has 1 unspecified atom stereocenters. The minimum absolute atomic E-state index is 0. The van der Waals surface area contributed by atoms with Crippen LogP contribution in [-0.4, -0.2) is 31.6 Å². The summed E-state index contributed by atoms with van der Waals surface area (Å²) in [7, 11) is 0. The van der Waals surface area contributed by atoms with Crippen molar-refractivity contribution < 1.29 is 4.79 Å². The minimum atomic E-state index is -0.0285. The van der Waals surface area contributed by atoms with Gasteiger partial charge in [0.1, 0.15) is 0 Å². The molecule has 0 heterocycles. The first kappa shape index (κ1) is 23.0. The van der Waals surface area contributed by atoms with Crippen LogP contribution in [0.15, 0.2) is 24.3 Å². The van der Waals surface area contributed by atoms with E-state index in [1.54, 1.807) is 0 Å². The van der Waals surface area contributed by atoms with Crippen LogP contribution in [0.2, 0.25) is 0 Å². The van der Waals surface area contributed by atoms with Crippen molar-refractivity contribution >= 4 is 36.4 Å². The number of nitrogens with one attached hydrogen (secondary N) is 1. The molecule has 4 nitrogen and oxygen atoms in total. The van der Waals surface area contributed by atoms with Crippen molar-refractivity contribution in [2.75, 3.05) is 24.5 Å². The van der Waals surface area contributed by atoms with Crippen molar-refractivity contribution in [1.29, 1.82) is 0 Å². The molecule has 1 amide bonds. The summed E-state index contributed by atoms with van der Waals surface area (Å²) in [5.41, 5.74) is 7.90. The number of hydrogen-bond acceptors (Lipinski definition) is 3. The molecule has 0 aliphatic heterocycles. The zero-order valence-electron chi connectivity index (χ0n) is 14.7. The summed E-state index contributed by atoms with van der Waals surface area (Å²) in [6.45, 7) is 6.99. The standard InChI is InChI=1S/C18H29N3O.2ClH/c1-3-5-12-21(4-2)16-10-8-15(9-11-16)18(22)20-13-17(19)14-6-7-14;;/h8-11,14,17H,3-7,12-13,19H2,1-2H3,(H,20,22);2*1H. The summed E-state index contributed by atoms with van der Waals surface area (Å²) >= 11 is 0. The number of benzene rings is 1. The smallest absolute Gasteiger partial charge is 0.251 e. The maximum atomic E-state index is 12.1. The van der Waals surface area contributed by atoms with Gasteiger partial charge in [-0.15, -0.1) is 24.8 Å². The molecule has 0 saturated heterocycles. The number of hydrogen-bond donors (Lipinski definition) is 2. The largest absolute Gasteiger partial charge is 0.372 e. The summed E-state index contributed by atoms with van der Waals surface area (Å²) in [5.74, 6) is 0.582. The second-order valence-corrected chi connectivity index (χ2v) is 6.19. The van der Waals surface area contributed by atoms with Crippen molar-refractivity contribution in [2.45, 2.75) is 45.6 Å². The molecule has 0 radical (unpaired) electrons. The van der Waals surface area contributed by atoms with Crippen LogP contribution in [0.25, 0.3) is 0 Å². The average molecular weight is 376 g/mol. The van der Waals surface area contributed by atoms with Crippen molar-refractivity contribution in [3.8, 4) is 0 Å². The molecule has 1 aromatic rings. The maximum absolute atomic E-state index is 12.1. The number of amides is 1. The Kier molecular flexibility index (Phi) is 11.1. The Bertz CT molecular complexity index is 478. The Hall–Kier alpha value is -0.970. The second kappa shape index (κ2) is 11.6. The Balaban J connectivity index is 0.00000264. The molecule has 138 valence electrons. The number of halogens is 2. The van der Waals surface area contributed by atoms with Crippen LogP contribution in [0.5, 0.6) is 0 Å². The fourth-order valence-corrected chi connectivity index (χ4v) is 2.65. The Morgan fingerprint density at radius 2 is 1.88 bits per heavy atom. The SMILES string of the molecule is CCCCN(CC)c1ccc(C(=O)NCC(N)C2CC2)cc1.Cl.Cl. The molecule has 1 aliphatic rings. The predicted molar refractivity (Wildman–Crippen MR) is 107 cm³/mol. The quantitative estimate of drug-likeness (QED) is 0.692. The van der Waals surface area contributed by atoms with Crippen molar-refractivity contribution in [1.82, 2.24) is 5.32 Å². The van der Waals surface area contributed by atoms with E-state index in [0.29, 0.717) is 18.0 Å². The average Bonchev–Trinajstić information content (AvgIpc) is 3.38. The van der Waals surface area contributed by atoms with Crippen LogP contribution in [-0.2, 0) is 0 Å². The summed E-state index contributed by atoms with van der Waals surface area (Å²) < 4.78 is 0. The van der Waals surface area contributed by atoms with Crippen molar-refractivity contribution in [3.63, 3.8) is 0 Å². The van der Waals surface area contributed by atoms with Gasteiger partial charge in [0.2, 0.25) is 0 Å². The first-order chi connectivity index (χ1) is 10.7. The van der Waals surface area contributed by atoms with Crippen LogP contribution in [0, 0.1) is 5.92 Å². The number of rotatable bonds is 9. The number of carbonyl (C=O) groups excluding carboxylic acids is 1. The topological polar surface area (TPSA) is 58.4 Å². The molecular formula is C18H31Cl2N3O. The van der Waals surface area contributed by atoms with Crippen LogP contribution >= 0.6 is 24.8 Å². The third-order valence-electron chi connectivity index (χ3n) is 4.38. The van der Waals surface area contributed by atoms with Gasteiger partial charge in [-0.3, -0.25) is 4.79 Å². The highest BCUT2D eigenvalue weighted by molar-refractivity contribution is 5.94. The molecule has 6 heteroatoms. The molecule has 0 spiro atoms. The molecule has 1 saturated carbocycles. The maximum Gasteiger partial charge on any atom is 0.251 e. The zero-order chi connectivity index (χ0) is 15.9. The highest BCUT2D eigenvalue weighted by Gasteiger charge is 2.28. The molecule has 1 atom stereocenters. The first-order valence-electron chi connectivity index (χ1n) is 8.54. The van der Waals surface area contributed by atoms with Gasteiger partial charge in [-0.2, -0.15) is 0 Å². The van der Waals surface area contributed by atoms with Crippen LogP contribution in [0.4, 0.5) is 5.69 Å². The molecule has 24 heavy (non-hydrogen) atoms. The fraction of sp³-hybridized carbons (Fsp3) is 0.611. The summed E-state index contributed by atoms with van der Waals surface area (Å²) in [6, 6.07) is 7.99. The van der Waals surface area contributed by atoms with Crippen LogP contribution in [0.3, 0.4) is 0 Å². The van der Waals surface area contributed by atoms with Gasteiger partial charge < -0.3 is 16.0 Å². The minimum Gasteiger partial charge on any atom is -0.372 e. The van der Waals surface area contributed by atoms with E-state index in [9.17, 15) is 4.79 Å². The molecule has 0 bridgehead atoms. The lowest BCUT2D eigenvalue weighted by Crippen LogP contribution is -2.38. The molecular weight excluding hydrogens is 345 g/mol. The van der Waals surface area contributed by atoms with E-state index in [1.165, 1.54) is 31.4 Å². The van der Waals surface area contributed by atoms with E-state index in [2.05, 4.69) is 24.1 Å². The van der Waals surface area contributed by atoms with Gasteiger partial charge in [-0.25, -0.2) is 0 Å². The van der Waals surface area contributed by atoms with E-state index in [-0.39, 0.29) is 36.8 Å². The molecule has 0 aromatic heterocycles. The monoisotopic (exact) mass is 375 g/mol. The lowest BCUT2D eigenvalue weighted by Gasteiger charge is -2.23. The first-order valence-corrected chi connectivity index (χ1v) is 8.54. The number of anilines is 1. The number of carbonyl (C=O) groups is 1. The number of unbranched alkanes of at least 4 members (excludes halogenated alkanes) is 1. The van der Waals surface area contributed by atoms with E-state index >= 15 is 0 Å².